The Balaban J connectivity index is 2.17. The average molecular weight is 346 g/mol. The van der Waals surface area contributed by atoms with Gasteiger partial charge in [0.2, 0.25) is 11.8 Å². The maximum absolute atomic E-state index is 13.7. The predicted octanol–water partition coefficient (Wildman–Crippen LogP) is 4.19. The van der Waals surface area contributed by atoms with Crippen LogP contribution < -0.4 is 10.6 Å². The number of nitrogens with one attached hydrogen (secondary N) is 2. The molecule has 0 heterocycles. The van der Waals surface area contributed by atoms with Crippen molar-refractivity contribution in [1.29, 1.82) is 0 Å². The van der Waals surface area contributed by atoms with Crippen molar-refractivity contribution in [3.63, 3.8) is 0 Å². The molecule has 0 radical (unpaired) electrons. The van der Waals surface area contributed by atoms with Gasteiger partial charge in [-0.05, 0) is 57.0 Å². The molecule has 0 aliphatic heterocycles. The lowest BCUT2D eigenvalue weighted by atomic mass is 9.90. The minimum absolute atomic E-state index is 0.181. The Morgan fingerprint density at radius 1 is 0.880 bits per heavy atom. The summed E-state index contributed by atoms with van der Waals surface area (Å²) in [5, 5.41) is 5.06. The fourth-order valence-electron chi connectivity index (χ4n) is 2.12. The SMILES string of the molecule is Cc1ccc(C)c(NC(=O)C(C)(C)C(=O)Nc2ccc(F)cc2F)c1. The van der Waals surface area contributed by atoms with Crippen LogP contribution >= 0.6 is 0 Å². The Bertz CT molecular complexity index is 832. The van der Waals surface area contributed by atoms with E-state index in [9.17, 15) is 18.4 Å². The number of anilines is 2. The molecule has 6 heteroatoms. The van der Waals surface area contributed by atoms with Gasteiger partial charge in [-0.1, -0.05) is 12.1 Å². The standard InChI is InChI=1S/C19H20F2N2O2/c1-11-5-6-12(2)16(9-11)23-18(25)19(3,4)17(24)22-15-8-7-13(20)10-14(15)21/h5-10H,1-4H3,(H,22,24)(H,23,25). The van der Waals surface area contributed by atoms with E-state index in [1.165, 1.54) is 13.8 Å². The number of halogens is 2. The summed E-state index contributed by atoms with van der Waals surface area (Å²) in [7, 11) is 0. The van der Waals surface area contributed by atoms with Crippen LogP contribution in [-0.2, 0) is 9.59 Å². The van der Waals surface area contributed by atoms with Crippen LogP contribution in [0.25, 0.3) is 0 Å². The summed E-state index contributed by atoms with van der Waals surface area (Å²) in [4.78, 5) is 25.0. The van der Waals surface area contributed by atoms with Gasteiger partial charge in [0.1, 0.15) is 17.0 Å². The highest BCUT2D eigenvalue weighted by molar-refractivity contribution is 6.14. The predicted molar refractivity (Wildman–Crippen MR) is 93.3 cm³/mol. The second-order valence-electron chi connectivity index (χ2n) is 6.48. The zero-order chi connectivity index (χ0) is 18.8. The van der Waals surface area contributed by atoms with Gasteiger partial charge in [-0.3, -0.25) is 9.59 Å². The van der Waals surface area contributed by atoms with Crippen LogP contribution in [0.4, 0.5) is 20.2 Å². The van der Waals surface area contributed by atoms with Crippen LogP contribution in [0, 0.1) is 30.9 Å². The van der Waals surface area contributed by atoms with Gasteiger partial charge in [0, 0.05) is 11.8 Å². The Kier molecular flexibility index (Phi) is 5.21. The van der Waals surface area contributed by atoms with Crippen molar-refractivity contribution < 1.29 is 18.4 Å². The second-order valence-corrected chi connectivity index (χ2v) is 6.48. The average Bonchev–Trinajstić information content (AvgIpc) is 2.53. The number of rotatable bonds is 4. The molecule has 0 unspecified atom stereocenters. The maximum Gasteiger partial charge on any atom is 0.239 e. The number of carbonyl (C=O) groups excluding carboxylic acids is 2. The first-order valence-electron chi connectivity index (χ1n) is 7.76. The molecular formula is C19H20F2N2O2. The molecule has 2 amide bonds. The first-order valence-corrected chi connectivity index (χ1v) is 7.76. The van der Waals surface area contributed by atoms with Crippen LogP contribution in [-0.4, -0.2) is 11.8 Å². The number of aryl methyl sites for hydroxylation is 2. The van der Waals surface area contributed by atoms with Crippen LogP contribution in [0.3, 0.4) is 0 Å². The van der Waals surface area contributed by atoms with E-state index in [1.807, 2.05) is 26.0 Å². The van der Waals surface area contributed by atoms with Crippen molar-refractivity contribution in [2.75, 3.05) is 10.6 Å². The molecule has 0 aliphatic carbocycles. The Hall–Kier alpha value is -2.76. The fraction of sp³-hybridized carbons (Fsp3) is 0.263. The van der Waals surface area contributed by atoms with Gasteiger partial charge in [-0.2, -0.15) is 0 Å². The third-order valence-corrected chi connectivity index (χ3v) is 3.96. The number of hydrogen-bond donors (Lipinski definition) is 2. The molecule has 132 valence electrons. The second kappa shape index (κ2) is 7.01. The van der Waals surface area contributed by atoms with E-state index in [-0.39, 0.29) is 5.69 Å². The molecule has 2 rings (SSSR count). The summed E-state index contributed by atoms with van der Waals surface area (Å²) >= 11 is 0. The van der Waals surface area contributed by atoms with E-state index >= 15 is 0 Å². The molecule has 0 bridgehead atoms. The minimum Gasteiger partial charge on any atom is -0.325 e. The molecule has 25 heavy (non-hydrogen) atoms. The van der Waals surface area contributed by atoms with Crippen LogP contribution in [0.15, 0.2) is 36.4 Å². The van der Waals surface area contributed by atoms with Gasteiger partial charge >= 0.3 is 0 Å². The molecule has 2 aromatic carbocycles. The van der Waals surface area contributed by atoms with Gasteiger partial charge in [-0.25, -0.2) is 8.78 Å². The molecule has 0 saturated carbocycles. The molecule has 2 N–H and O–H groups in total. The summed E-state index contributed by atoms with van der Waals surface area (Å²) in [6.45, 7) is 6.61. The Labute approximate surface area is 145 Å². The normalized spacial score (nSPS) is 11.1. The lowest BCUT2D eigenvalue weighted by Gasteiger charge is -2.23. The van der Waals surface area contributed by atoms with E-state index in [1.54, 1.807) is 6.07 Å². The van der Waals surface area contributed by atoms with E-state index in [4.69, 9.17) is 0 Å². The monoisotopic (exact) mass is 346 g/mol. The van der Waals surface area contributed by atoms with Crippen molar-refractivity contribution in [3.05, 3.63) is 59.2 Å². The van der Waals surface area contributed by atoms with Crippen molar-refractivity contribution in [3.8, 4) is 0 Å². The van der Waals surface area contributed by atoms with Crippen molar-refractivity contribution in [2.24, 2.45) is 5.41 Å². The molecule has 4 nitrogen and oxygen atoms in total. The molecule has 0 saturated heterocycles. The molecule has 2 aromatic rings. The lowest BCUT2D eigenvalue weighted by Crippen LogP contribution is -2.41. The van der Waals surface area contributed by atoms with Gasteiger partial charge in [-0.15, -0.1) is 0 Å². The van der Waals surface area contributed by atoms with Crippen LogP contribution in [0.5, 0.6) is 0 Å². The molecule has 0 spiro atoms. The highest BCUT2D eigenvalue weighted by atomic mass is 19.1. The first-order chi connectivity index (χ1) is 11.6. The molecule has 0 aromatic heterocycles. The van der Waals surface area contributed by atoms with Crippen molar-refractivity contribution in [1.82, 2.24) is 0 Å². The summed E-state index contributed by atoms with van der Waals surface area (Å²) in [6, 6.07) is 8.40. The zero-order valence-corrected chi connectivity index (χ0v) is 14.5. The molecular weight excluding hydrogens is 326 g/mol. The lowest BCUT2D eigenvalue weighted by molar-refractivity contribution is -0.135. The summed E-state index contributed by atoms with van der Waals surface area (Å²) in [5.41, 5.74) is 0.797. The van der Waals surface area contributed by atoms with Crippen LogP contribution in [0.2, 0.25) is 0 Å². The van der Waals surface area contributed by atoms with E-state index in [2.05, 4.69) is 10.6 Å². The summed E-state index contributed by atoms with van der Waals surface area (Å²) in [5.74, 6) is -2.87. The number of benzene rings is 2. The van der Waals surface area contributed by atoms with Gasteiger partial charge in [0.15, 0.2) is 0 Å². The third-order valence-electron chi connectivity index (χ3n) is 3.96. The maximum atomic E-state index is 13.7. The first kappa shape index (κ1) is 18.6. The number of carbonyl (C=O) groups is 2. The van der Waals surface area contributed by atoms with Crippen molar-refractivity contribution >= 4 is 23.2 Å². The quantitative estimate of drug-likeness (QED) is 0.816. The Morgan fingerprint density at radius 3 is 2.08 bits per heavy atom. The summed E-state index contributed by atoms with van der Waals surface area (Å²) < 4.78 is 26.6. The zero-order valence-electron chi connectivity index (χ0n) is 14.5. The van der Waals surface area contributed by atoms with Gasteiger partial charge < -0.3 is 10.6 Å². The van der Waals surface area contributed by atoms with Crippen molar-refractivity contribution in [2.45, 2.75) is 27.7 Å². The van der Waals surface area contributed by atoms with Gasteiger partial charge in [0.25, 0.3) is 0 Å². The van der Waals surface area contributed by atoms with E-state index in [0.29, 0.717) is 11.8 Å². The fourth-order valence-corrected chi connectivity index (χ4v) is 2.12. The minimum atomic E-state index is -1.46. The summed E-state index contributed by atoms with van der Waals surface area (Å²) in [6.07, 6.45) is 0. The molecule has 0 aliphatic rings. The molecule has 0 fully saturated rings. The van der Waals surface area contributed by atoms with Crippen LogP contribution in [0.1, 0.15) is 25.0 Å². The topological polar surface area (TPSA) is 58.2 Å². The number of hydrogen-bond acceptors (Lipinski definition) is 2. The van der Waals surface area contributed by atoms with E-state index in [0.717, 1.165) is 23.3 Å². The van der Waals surface area contributed by atoms with Gasteiger partial charge in [0.05, 0.1) is 5.69 Å². The largest absolute Gasteiger partial charge is 0.325 e. The third kappa shape index (κ3) is 4.21. The molecule has 0 atom stereocenters. The van der Waals surface area contributed by atoms with E-state index < -0.39 is 28.9 Å². The number of amides is 2. The highest BCUT2D eigenvalue weighted by Crippen LogP contribution is 2.24. The Morgan fingerprint density at radius 2 is 1.48 bits per heavy atom. The smallest absolute Gasteiger partial charge is 0.239 e. The highest BCUT2D eigenvalue weighted by Gasteiger charge is 2.36.